The summed E-state index contributed by atoms with van der Waals surface area (Å²) in [6.45, 7) is 7.40. The van der Waals surface area contributed by atoms with Gasteiger partial charge in [0.15, 0.2) is 0 Å². The predicted molar refractivity (Wildman–Crippen MR) is 108 cm³/mol. The minimum Gasteiger partial charge on any atom is -0.494 e. The molecule has 2 rings (SSSR count). The number of rotatable bonds is 11. The van der Waals surface area contributed by atoms with Crippen molar-refractivity contribution in [3.63, 3.8) is 0 Å². The molecule has 1 saturated heterocycles. The maximum absolute atomic E-state index is 13.1. The number of benzene rings is 1. The lowest BCUT2D eigenvalue weighted by molar-refractivity contribution is 0.168. The van der Waals surface area contributed by atoms with Gasteiger partial charge in [0.05, 0.1) is 18.1 Å². The molecule has 0 unspecified atom stereocenters. The third-order valence-electron chi connectivity index (χ3n) is 5.04. The molecule has 7 heteroatoms. The summed E-state index contributed by atoms with van der Waals surface area (Å²) in [5, 5.41) is 9.58. The molecule has 0 radical (unpaired) electrons. The number of unbranched alkanes of at least 4 members (excludes halogenated alkanes) is 1. The molecule has 27 heavy (non-hydrogen) atoms. The van der Waals surface area contributed by atoms with Crippen LogP contribution in [-0.2, 0) is 10.0 Å². The molecule has 0 bridgehead atoms. The molecule has 0 aliphatic carbocycles. The Morgan fingerprint density at radius 2 is 1.85 bits per heavy atom. The van der Waals surface area contributed by atoms with Crippen molar-refractivity contribution in [3.8, 4) is 5.75 Å². The standard InChI is InChI=1S/C20H34N2O4S/c1-3-4-16-26-19-8-10-20(11-9-19)27(24,25)22(18(2)17-23)15-14-21-12-6-5-7-13-21/h8-11,18,23H,3-7,12-17H2,1-2H3/t18-/m1/s1. The van der Waals surface area contributed by atoms with Crippen molar-refractivity contribution >= 4 is 10.0 Å². The Labute approximate surface area is 164 Å². The van der Waals surface area contributed by atoms with E-state index < -0.39 is 16.1 Å². The Kier molecular flexibility index (Phi) is 9.02. The molecule has 1 aromatic carbocycles. The molecule has 1 aliphatic rings. The van der Waals surface area contributed by atoms with Crippen LogP contribution in [0, 0.1) is 0 Å². The van der Waals surface area contributed by atoms with E-state index in [4.69, 9.17) is 4.74 Å². The average Bonchev–Trinajstić information content (AvgIpc) is 2.69. The van der Waals surface area contributed by atoms with E-state index in [-0.39, 0.29) is 11.5 Å². The second kappa shape index (κ2) is 11.0. The van der Waals surface area contributed by atoms with Gasteiger partial charge in [-0.1, -0.05) is 19.8 Å². The first-order chi connectivity index (χ1) is 13.0. The number of aliphatic hydroxyl groups excluding tert-OH is 1. The highest BCUT2D eigenvalue weighted by Crippen LogP contribution is 2.22. The Balaban J connectivity index is 2.07. The summed E-state index contributed by atoms with van der Waals surface area (Å²) in [5.74, 6) is 0.678. The minimum absolute atomic E-state index is 0.197. The summed E-state index contributed by atoms with van der Waals surface area (Å²) in [6, 6.07) is 6.13. The van der Waals surface area contributed by atoms with Crippen LogP contribution >= 0.6 is 0 Å². The molecule has 6 nitrogen and oxygen atoms in total. The van der Waals surface area contributed by atoms with E-state index in [0.29, 0.717) is 25.4 Å². The van der Waals surface area contributed by atoms with Gasteiger partial charge >= 0.3 is 0 Å². The molecular weight excluding hydrogens is 364 g/mol. The van der Waals surface area contributed by atoms with Crippen molar-refractivity contribution in [2.45, 2.75) is 56.9 Å². The van der Waals surface area contributed by atoms with E-state index in [1.807, 2.05) is 0 Å². The Hall–Kier alpha value is -1.15. The number of hydrogen-bond acceptors (Lipinski definition) is 5. The lowest BCUT2D eigenvalue weighted by atomic mass is 10.1. The maximum atomic E-state index is 13.1. The maximum Gasteiger partial charge on any atom is 0.243 e. The van der Waals surface area contributed by atoms with Gasteiger partial charge in [-0.15, -0.1) is 0 Å². The normalized spacial score (nSPS) is 17.2. The van der Waals surface area contributed by atoms with Gasteiger partial charge in [0.2, 0.25) is 10.0 Å². The zero-order valence-corrected chi connectivity index (χ0v) is 17.5. The molecule has 1 fully saturated rings. The molecule has 154 valence electrons. The summed E-state index contributed by atoms with van der Waals surface area (Å²) in [5.41, 5.74) is 0. The quantitative estimate of drug-likeness (QED) is 0.581. The first-order valence-corrected chi connectivity index (χ1v) is 11.5. The van der Waals surface area contributed by atoms with Crippen LogP contribution in [0.25, 0.3) is 0 Å². The number of hydrogen-bond donors (Lipinski definition) is 1. The second-order valence-corrected chi connectivity index (χ2v) is 9.11. The number of piperidine rings is 1. The Morgan fingerprint density at radius 3 is 2.44 bits per heavy atom. The van der Waals surface area contributed by atoms with Gasteiger partial charge in [0, 0.05) is 19.1 Å². The summed E-state index contributed by atoms with van der Waals surface area (Å²) < 4.78 is 33.3. The SMILES string of the molecule is CCCCOc1ccc(S(=O)(=O)N(CCN2CCCCC2)[C@H](C)CO)cc1. The van der Waals surface area contributed by atoms with E-state index in [1.54, 1.807) is 31.2 Å². The fourth-order valence-corrected chi connectivity index (χ4v) is 4.88. The molecule has 1 aromatic rings. The zero-order valence-electron chi connectivity index (χ0n) is 16.6. The molecule has 1 N–H and O–H groups in total. The van der Waals surface area contributed by atoms with Crippen LogP contribution in [-0.4, -0.2) is 68.2 Å². The summed E-state index contributed by atoms with van der Waals surface area (Å²) in [7, 11) is -3.66. The third kappa shape index (κ3) is 6.45. The van der Waals surface area contributed by atoms with E-state index in [1.165, 1.54) is 23.6 Å². The molecule has 0 amide bonds. The van der Waals surface area contributed by atoms with Gasteiger partial charge < -0.3 is 14.7 Å². The summed E-state index contributed by atoms with van der Waals surface area (Å²) in [4.78, 5) is 2.55. The zero-order chi connectivity index (χ0) is 19.7. The number of nitrogens with zero attached hydrogens (tertiary/aromatic N) is 2. The highest BCUT2D eigenvalue weighted by molar-refractivity contribution is 7.89. The predicted octanol–water partition coefficient (Wildman–Crippen LogP) is 2.72. The van der Waals surface area contributed by atoms with Gasteiger partial charge in [-0.2, -0.15) is 4.31 Å². The molecule has 0 aromatic heterocycles. The monoisotopic (exact) mass is 398 g/mol. The average molecular weight is 399 g/mol. The van der Waals surface area contributed by atoms with Crippen molar-refractivity contribution in [2.75, 3.05) is 39.4 Å². The van der Waals surface area contributed by atoms with Crippen LogP contribution in [0.3, 0.4) is 0 Å². The Bertz CT molecular complexity index is 642. The van der Waals surface area contributed by atoms with Crippen molar-refractivity contribution in [2.24, 2.45) is 0 Å². The molecule has 1 heterocycles. The van der Waals surface area contributed by atoms with Crippen molar-refractivity contribution in [1.29, 1.82) is 0 Å². The van der Waals surface area contributed by atoms with Gasteiger partial charge in [0.25, 0.3) is 0 Å². The molecule has 0 spiro atoms. The van der Waals surface area contributed by atoms with Gasteiger partial charge in [-0.05, 0) is 63.5 Å². The lowest BCUT2D eigenvalue weighted by Gasteiger charge is -2.32. The van der Waals surface area contributed by atoms with E-state index in [9.17, 15) is 13.5 Å². The van der Waals surface area contributed by atoms with E-state index >= 15 is 0 Å². The van der Waals surface area contributed by atoms with Gasteiger partial charge in [-0.3, -0.25) is 0 Å². The van der Waals surface area contributed by atoms with Crippen LogP contribution in [0.2, 0.25) is 0 Å². The highest BCUT2D eigenvalue weighted by atomic mass is 32.2. The first kappa shape index (κ1) is 22.1. The smallest absolute Gasteiger partial charge is 0.243 e. The van der Waals surface area contributed by atoms with Crippen LogP contribution in [0.15, 0.2) is 29.2 Å². The van der Waals surface area contributed by atoms with Crippen LogP contribution < -0.4 is 4.74 Å². The number of likely N-dealkylation sites (tertiary alicyclic amines) is 1. The number of sulfonamides is 1. The van der Waals surface area contributed by atoms with Crippen molar-refractivity contribution in [1.82, 2.24) is 9.21 Å². The molecule has 1 atom stereocenters. The highest BCUT2D eigenvalue weighted by Gasteiger charge is 2.29. The number of aliphatic hydroxyl groups is 1. The van der Waals surface area contributed by atoms with Gasteiger partial charge in [-0.25, -0.2) is 8.42 Å². The third-order valence-corrected chi connectivity index (χ3v) is 7.07. The number of ether oxygens (including phenoxy) is 1. The topological polar surface area (TPSA) is 70.1 Å². The fourth-order valence-electron chi connectivity index (χ4n) is 3.27. The molecule has 0 saturated carbocycles. The summed E-state index contributed by atoms with van der Waals surface area (Å²) in [6.07, 6.45) is 5.61. The second-order valence-electron chi connectivity index (χ2n) is 7.22. The summed E-state index contributed by atoms with van der Waals surface area (Å²) >= 11 is 0. The van der Waals surface area contributed by atoms with Gasteiger partial charge in [0.1, 0.15) is 5.75 Å². The van der Waals surface area contributed by atoms with Crippen molar-refractivity contribution < 1.29 is 18.3 Å². The van der Waals surface area contributed by atoms with Crippen LogP contribution in [0.1, 0.15) is 46.0 Å². The first-order valence-electron chi connectivity index (χ1n) is 10.1. The van der Waals surface area contributed by atoms with Crippen LogP contribution in [0.5, 0.6) is 5.75 Å². The minimum atomic E-state index is -3.66. The molecular formula is C20H34N2O4S. The van der Waals surface area contributed by atoms with E-state index in [0.717, 1.165) is 25.9 Å². The Morgan fingerprint density at radius 1 is 1.19 bits per heavy atom. The van der Waals surface area contributed by atoms with Crippen LogP contribution in [0.4, 0.5) is 0 Å². The fraction of sp³-hybridized carbons (Fsp3) is 0.700. The molecule has 1 aliphatic heterocycles. The largest absolute Gasteiger partial charge is 0.494 e. The van der Waals surface area contributed by atoms with E-state index in [2.05, 4.69) is 11.8 Å². The lowest BCUT2D eigenvalue weighted by Crippen LogP contribution is -2.45. The van der Waals surface area contributed by atoms with Crippen molar-refractivity contribution in [3.05, 3.63) is 24.3 Å².